The van der Waals surface area contributed by atoms with E-state index in [-0.39, 0.29) is 16.8 Å². The van der Waals surface area contributed by atoms with Crippen LogP contribution in [0.25, 0.3) is 5.52 Å². The van der Waals surface area contributed by atoms with Crippen LogP contribution < -0.4 is 10.1 Å². The number of pyridine rings is 1. The van der Waals surface area contributed by atoms with Gasteiger partial charge < -0.3 is 14.5 Å². The fourth-order valence-corrected chi connectivity index (χ4v) is 2.15. The largest absolute Gasteiger partial charge is 0.471 e. The number of nitrogens with one attached hydrogen (secondary N) is 1. The molecule has 2 aromatic rings. The van der Waals surface area contributed by atoms with Crippen LogP contribution in [-0.2, 0) is 9.59 Å². The quantitative estimate of drug-likeness (QED) is 0.682. The van der Waals surface area contributed by atoms with Gasteiger partial charge in [0.1, 0.15) is 0 Å². The van der Waals surface area contributed by atoms with Crippen molar-refractivity contribution in [2.75, 3.05) is 0 Å². The third kappa shape index (κ3) is 3.55. The fourth-order valence-electron chi connectivity index (χ4n) is 2.15. The molecule has 6 nitrogen and oxygen atoms in total. The number of nitrogens with zero attached hydrogens (tertiary/aromatic N) is 1. The van der Waals surface area contributed by atoms with Crippen LogP contribution in [0.2, 0.25) is 0 Å². The molecule has 1 amide bonds. The van der Waals surface area contributed by atoms with Crippen molar-refractivity contribution in [2.45, 2.75) is 26.1 Å². The van der Waals surface area contributed by atoms with Gasteiger partial charge >= 0.3 is 18.1 Å². The van der Waals surface area contributed by atoms with Crippen molar-refractivity contribution < 1.29 is 32.3 Å². The van der Waals surface area contributed by atoms with Gasteiger partial charge in [-0.15, -0.1) is 0 Å². The maximum atomic E-state index is 12.4. The van der Waals surface area contributed by atoms with Gasteiger partial charge in [-0.1, -0.05) is 0 Å². The molecule has 9 heteroatoms. The van der Waals surface area contributed by atoms with Crippen LogP contribution in [0.3, 0.4) is 0 Å². The molecule has 128 valence electrons. The molecule has 0 saturated heterocycles. The summed E-state index contributed by atoms with van der Waals surface area (Å²) in [6.45, 7) is 2.32. The Morgan fingerprint density at radius 1 is 1.21 bits per heavy atom. The number of rotatable bonds is 4. The van der Waals surface area contributed by atoms with Gasteiger partial charge in [-0.25, -0.2) is 0 Å². The highest BCUT2D eigenvalue weighted by Gasteiger charge is 2.40. The summed E-state index contributed by atoms with van der Waals surface area (Å²) in [5.74, 6) is -3.46. The Morgan fingerprint density at radius 3 is 2.46 bits per heavy atom. The van der Waals surface area contributed by atoms with Crippen molar-refractivity contribution in [2.24, 2.45) is 0 Å². The summed E-state index contributed by atoms with van der Waals surface area (Å²) in [6.07, 6.45) is -2.01. The Labute approximate surface area is 134 Å². The van der Waals surface area contributed by atoms with Crippen molar-refractivity contribution in [3.63, 3.8) is 0 Å². The van der Waals surface area contributed by atoms with Crippen molar-refractivity contribution in [3.05, 3.63) is 36.2 Å². The molecule has 2 rings (SSSR count). The highest BCUT2D eigenvalue weighted by atomic mass is 19.4. The SMILES string of the molecule is CC(=O)Oc1cccn2ccc(C(=O)C(C)NC(=O)C(F)(F)F)c12. The van der Waals surface area contributed by atoms with Gasteiger partial charge in [0.2, 0.25) is 0 Å². The Bertz CT molecular complexity index is 811. The summed E-state index contributed by atoms with van der Waals surface area (Å²) in [7, 11) is 0. The second-order valence-corrected chi connectivity index (χ2v) is 5.01. The summed E-state index contributed by atoms with van der Waals surface area (Å²) < 4.78 is 43.4. The first-order chi connectivity index (χ1) is 11.1. The lowest BCUT2D eigenvalue weighted by Crippen LogP contribution is -2.45. The molecule has 0 aliphatic heterocycles. The lowest BCUT2D eigenvalue weighted by atomic mass is 10.1. The van der Waals surface area contributed by atoms with Crippen molar-refractivity contribution in [3.8, 4) is 5.75 Å². The van der Waals surface area contributed by atoms with Crippen LogP contribution in [0.15, 0.2) is 30.6 Å². The van der Waals surface area contributed by atoms with Gasteiger partial charge in [0.25, 0.3) is 0 Å². The zero-order valence-corrected chi connectivity index (χ0v) is 12.7. The smallest absolute Gasteiger partial charge is 0.424 e. The van der Waals surface area contributed by atoms with Crippen LogP contribution in [0.1, 0.15) is 24.2 Å². The average molecular weight is 342 g/mol. The number of fused-ring (bicyclic) bond motifs is 1. The number of amides is 1. The minimum atomic E-state index is -5.08. The molecule has 0 bridgehead atoms. The number of esters is 1. The Balaban J connectivity index is 2.36. The van der Waals surface area contributed by atoms with Gasteiger partial charge in [-0.05, 0) is 25.1 Å². The van der Waals surface area contributed by atoms with Crippen molar-refractivity contribution in [1.82, 2.24) is 9.72 Å². The first kappa shape index (κ1) is 17.5. The second-order valence-electron chi connectivity index (χ2n) is 5.01. The predicted molar refractivity (Wildman–Crippen MR) is 76.7 cm³/mol. The van der Waals surface area contributed by atoms with Crippen LogP contribution in [0.4, 0.5) is 13.2 Å². The van der Waals surface area contributed by atoms with Crippen LogP contribution in [-0.4, -0.2) is 34.3 Å². The van der Waals surface area contributed by atoms with E-state index in [4.69, 9.17) is 4.74 Å². The number of hydrogen-bond donors (Lipinski definition) is 1. The Kier molecular flexibility index (Phi) is 4.63. The molecular formula is C15H13F3N2O4. The molecule has 0 aliphatic rings. The summed E-state index contributed by atoms with van der Waals surface area (Å²) >= 11 is 0. The topological polar surface area (TPSA) is 76.9 Å². The van der Waals surface area contributed by atoms with Gasteiger partial charge in [-0.2, -0.15) is 13.2 Å². The summed E-state index contributed by atoms with van der Waals surface area (Å²) in [4.78, 5) is 34.5. The van der Waals surface area contributed by atoms with E-state index < -0.39 is 29.9 Å². The highest BCUT2D eigenvalue weighted by molar-refractivity contribution is 6.08. The number of carbonyl (C=O) groups excluding carboxylic acids is 3. The summed E-state index contributed by atoms with van der Waals surface area (Å²) in [5, 5.41) is 1.60. The lowest BCUT2D eigenvalue weighted by molar-refractivity contribution is -0.173. The summed E-state index contributed by atoms with van der Waals surface area (Å²) in [5.41, 5.74) is 0.257. The first-order valence-corrected chi connectivity index (χ1v) is 6.81. The fraction of sp³-hybridized carbons (Fsp3) is 0.267. The first-order valence-electron chi connectivity index (χ1n) is 6.81. The van der Waals surface area contributed by atoms with E-state index in [1.807, 2.05) is 0 Å². The maximum Gasteiger partial charge on any atom is 0.471 e. The Morgan fingerprint density at radius 2 is 1.88 bits per heavy atom. The van der Waals surface area contributed by atoms with E-state index in [1.54, 1.807) is 17.6 Å². The van der Waals surface area contributed by atoms with Crippen LogP contribution >= 0.6 is 0 Å². The van der Waals surface area contributed by atoms with E-state index in [9.17, 15) is 27.6 Å². The highest BCUT2D eigenvalue weighted by Crippen LogP contribution is 2.26. The lowest BCUT2D eigenvalue weighted by Gasteiger charge is -2.14. The molecule has 1 N–H and O–H groups in total. The summed E-state index contributed by atoms with van der Waals surface area (Å²) in [6, 6.07) is 3.00. The minimum Gasteiger partial charge on any atom is -0.424 e. The van der Waals surface area contributed by atoms with E-state index in [2.05, 4.69) is 0 Å². The number of carbonyl (C=O) groups is 3. The van der Waals surface area contributed by atoms with Gasteiger partial charge in [0, 0.05) is 24.9 Å². The minimum absolute atomic E-state index is 0.0295. The molecule has 24 heavy (non-hydrogen) atoms. The maximum absolute atomic E-state index is 12.4. The molecule has 2 heterocycles. The molecule has 2 aromatic heterocycles. The third-order valence-electron chi connectivity index (χ3n) is 3.16. The molecular weight excluding hydrogens is 329 g/mol. The number of ether oxygens (including phenoxy) is 1. The molecule has 0 fully saturated rings. The zero-order valence-electron chi connectivity index (χ0n) is 12.7. The average Bonchev–Trinajstić information content (AvgIpc) is 2.89. The molecule has 0 saturated carbocycles. The predicted octanol–water partition coefficient (Wildman–Crippen LogP) is 2.11. The number of ketones is 1. The van der Waals surface area contributed by atoms with E-state index in [1.165, 1.54) is 29.7 Å². The zero-order chi connectivity index (χ0) is 18.1. The van der Waals surface area contributed by atoms with Crippen molar-refractivity contribution >= 4 is 23.2 Å². The van der Waals surface area contributed by atoms with E-state index in [0.717, 1.165) is 6.92 Å². The van der Waals surface area contributed by atoms with Crippen molar-refractivity contribution in [1.29, 1.82) is 0 Å². The normalized spacial score (nSPS) is 12.7. The standard InChI is InChI=1S/C15H13F3N2O4/c1-8(19-14(23)15(16,17)18)13(22)10-5-7-20-6-3-4-11(12(10)20)24-9(2)21/h3-8H,1-2H3,(H,19,23). The van der Waals surface area contributed by atoms with E-state index in [0.29, 0.717) is 0 Å². The molecule has 0 spiro atoms. The second kappa shape index (κ2) is 6.34. The molecule has 0 aliphatic carbocycles. The molecule has 0 radical (unpaired) electrons. The number of alkyl halides is 3. The molecule has 0 aromatic carbocycles. The third-order valence-corrected chi connectivity index (χ3v) is 3.16. The molecule has 1 unspecified atom stereocenters. The van der Waals surface area contributed by atoms with Crippen LogP contribution in [0, 0.1) is 0 Å². The van der Waals surface area contributed by atoms with Gasteiger partial charge in [0.15, 0.2) is 11.5 Å². The van der Waals surface area contributed by atoms with Gasteiger partial charge in [0.05, 0.1) is 11.6 Å². The number of aromatic nitrogens is 1. The Hall–Kier alpha value is -2.84. The van der Waals surface area contributed by atoms with E-state index >= 15 is 0 Å². The van der Waals surface area contributed by atoms with Gasteiger partial charge in [-0.3, -0.25) is 14.4 Å². The number of hydrogen-bond acceptors (Lipinski definition) is 4. The monoisotopic (exact) mass is 342 g/mol. The van der Waals surface area contributed by atoms with Crippen LogP contribution in [0.5, 0.6) is 5.75 Å². The number of Topliss-reactive ketones (excluding diaryl/α,β-unsaturated/α-hetero) is 1. The number of halogens is 3. The molecule has 1 atom stereocenters.